The van der Waals surface area contributed by atoms with Crippen LogP contribution in [0.4, 0.5) is 0 Å². The summed E-state index contributed by atoms with van der Waals surface area (Å²) in [6.45, 7) is 2.11. The van der Waals surface area contributed by atoms with Gasteiger partial charge in [0.15, 0.2) is 0 Å². The molecule has 0 aliphatic heterocycles. The number of carboxylic acids is 1. The third-order valence-electron chi connectivity index (χ3n) is 3.11. The number of fused-ring (bicyclic) bond motifs is 1. The largest absolute Gasteiger partial charge is 0.481 e. The summed E-state index contributed by atoms with van der Waals surface area (Å²) in [6.07, 6.45) is 3.52. The quantitative estimate of drug-likeness (QED) is 0.818. The lowest BCUT2D eigenvalue weighted by Gasteiger charge is -2.02. The second-order valence-corrected chi connectivity index (χ2v) is 4.10. The zero-order valence-corrected chi connectivity index (χ0v) is 9.16. The predicted molar refractivity (Wildman–Crippen MR) is 55.9 cm³/mol. The maximum atomic E-state index is 11.0. The van der Waals surface area contributed by atoms with Crippen molar-refractivity contribution in [3.8, 4) is 0 Å². The van der Waals surface area contributed by atoms with E-state index >= 15 is 0 Å². The van der Waals surface area contributed by atoms with Crippen LogP contribution in [0, 0.1) is 0 Å². The van der Waals surface area contributed by atoms with Gasteiger partial charge in [0.1, 0.15) is 11.7 Å². The van der Waals surface area contributed by atoms with Gasteiger partial charge < -0.3 is 9.67 Å². The molecule has 15 heavy (non-hydrogen) atoms. The summed E-state index contributed by atoms with van der Waals surface area (Å²) in [5, 5.41) is 9.04. The van der Waals surface area contributed by atoms with Crippen molar-refractivity contribution in [2.45, 2.75) is 38.5 Å². The van der Waals surface area contributed by atoms with E-state index in [1.165, 1.54) is 0 Å². The minimum Gasteiger partial charge on any atom is -0.481 e. The van der Waals surface area contributed by atoms with Gasteiger partial charge in [-0.25, -0.2) is 4.98 Å². The van der Waals surface area contributed by atoms with E-state index in [1.54, 1.807) is 0 Å². The lowest BCUT2D eigenvalue weighted by Crippen LogP contribution is -2.08. The number of nitrogens with zero attached hydrogens (tertiary/aromatic N) is 2. The van der Waals surface area contributed by atoms with Crippen molar-refractivity contribution in [1.82, 2.24) is 9.55 Å². The molecule has 2 rings (SSSR count). The number of imidazole rings is 1. The molecule has 1 unspecified atom stereocenters. The van der Waals surface area contributed by atoms with Crippen molar-refractivity contribution in [2.75, 3.05) is 0 Å². The summed E-state index contributed by atoms with van der Waals surface area (Å²) in [5.41, 5.74) is 1.92. The van der Waals surface area contributed by atoms with Crippen molar-refractivity contribution in [1.29, 1.82) is 0 Å². The number of carbonyl (C=O) groups is 1. The fourth-order valence-corrected chi connectivity index (χ4v) is 2.29. The molecule has 0 fully saturated rings. The molecular weight excluding hydrogens is 192 g/mol. The molecule has 1 aliphatic rings. The number of hydrogen-bond acceptors (Lipinski definition) is 2. The topological polar surface area (TPSA) is 55.1 Å². The highest BCUT2D eigenvalue weighted by molar-refractivity contribution is 5.76. The van der Waals surface area contributed by atoms with Crippen LogP contribution in [0.3, 0.4) is 0 Å². The fourth-order valence-electron chi connectivity index (χ4n) is 2.29. The number of hydrogen-bond donors (Lipinski definition) is 1. The van der Waals surface area contributed by atoms with Crippen molar-refractivity contribution in [2.24, 2.45) is 7.05 Å². The van der Waals surface area contributed by atoms with E-state index in [1.807, 2.05) is 7.05 Å². The van der Waals surface area contributed by atoms with Crippen LogP contribution in [-0.2, 0) is 24.7 Å². The zero-order valence-electron chi connectivity index (χ0n) is 9.16. The molecule has 1 heterocycles. The van der Waals surface area contributed by atoms with Crippen LogP contribution in [0.2, 0.25) is 0 Å². The van der Waals surface area contributed by atoms with Crippen molar-refractivity contribution >= 4 is 5.97 Å². The number of rotatable bonds is 3. The summed E-state index contributed by atoms with van der Waals surface area (Å²) >= 11 is 0. The Morgan fingerprint density at radius 2 is 2.40 bits per heavy atom. The normalized spacial score (nSPS) is 19.2. The Kier molecular flexibility index (Phi) is 2.50. The van der Waals surface area contributed by atoms with Gasteiger partial charge in [0, 0.05) is 19.2 Å². The first-order valence-corrected chi connectivity index (χ1v) is 5.42. The number of aromatic nitrogens is 2. The van der Waals surface area contributed by atoms with E-state index in [4.69, 9.17) is 5.11 Å². The number of aryl methyl sites for hydroxylation is 1. The van der Waals surface area contributed by atoms with E-state index in [9.17, 15) is 4.79 Å². The average Bonchev–Trinajstić information content (AvgIpc) is 2.69. The molecule has 1 aromatic rings. The maximum absolute atomic E-state index is 11.0. The number of carboxylic acid groups (broad SMARTS) is 1. The molecule has 0 amide bonds. The van der Waals surface area contributed by atoms with E-state index < -0.39 is 5.97 Å². The molecule has 0 spiro atoms. The van der Waals surface area contributed by atoms with Gasteiger partial charge in [0.2, 0.25) is 0 Å². The van der Waals surface area contributed by atoms with Crippen LogP contribution in [0.15, 0.2) is 0 Å². The smallest absolute Gasteiger partial charge is 0.312 e. The van der Waals surface area contributed by atoms with Gasteiger partial charge in [-0.2, -0.15) is 0 Å². The summed E-state index contributed by atoms with van der Waals surface area (Å²) < 4.78 is 2.07. The molecule has 1 atom stereocenters. The minimum absolute atomic E-state index is 0.378. The molecule has 82 valence electrons. The molecule has 1 aliphatic carbocycles. The van der Waals surface area contributed by atoms with Crippen LogP contribution in [0.1, 0.15) is 42.9 Å². The molecule has 4 heteroatoms. The van der Waals surface area contributed by atoms with Crippen molar-refractivity contribution < 1.29 is 9.90 Å². The van der Waals surface area contributed by atoms with Crippen LogP contribution in [0.25, 0.3) is 0 Å². The summed E-state index contributed by atoms with van der Waals surface area (Å²) in [6, 6.07) is 0. The third-order valence-corrected chi connectivity index (χ3v) is 3.11. The molecular formula is C11H16N2O2. The van der Waals surface area contributed by atoms with Crippen LogP contribution in [-0.4, -0.2) is 20.6 Å². The van der Waals surface area contributed by atoms with Gasteiger partial charge in [-0.1, -0.05) is 6.92 Å². The lowest BCUT2D eigenvalue weighted by molar-refractivity contribution is -0.138. The molecule has 1 aromatic heterocycles. The highest BCUT2D eigenvalue weighted by Gasteiger charge is 2.33. The molecule has 4 nitrogen and oxygen atoms in total. The Hall–Kier alpha value is -1.32. The first-order chi connectivity index (χ1) is 7.15. The Labute approximate surface area is 88.9 Å². The SMILES string of the molecule is CCCc1nc2c(n1C)CCC2C(=O)O. The van der Waals surface area contributed by atoms with Gasteiger partial charge in [-0.05, 0) is 19.3 Å². The fraction of sp³-hybridized carbons (Fsp3) is 0.636. The van der Waals surface area contributed by atoms with E-state index in [-0.39, 0.29) is 5.92 Å². The van der Waals surface area contributed by atoms with E-state index in [0.717, 1.165) is 36.5 Å². The van der Waals surface area contributed by atoms with Crippen LogP contribution in [0.5, 0.6) is 0 Å². The summed E-state index contributed by atoms with van der Waals surface area (Å²) in [7, 11) is 1.99. The Morgan fingerprint density at radius 3 is 3.00 bits per heavy atom. The molecule has 0 radical (unpaired) electrons. The van der Waals surface area contributed by atoms with Crippen LogP contribution < -0.4 is 0 Å². The second-order valence-electron chi connectivity index (χ2n) is 4.10. The Balaban J connectivity index is 2.37. The first-order valence-electron chi connectivity index (χ1n) is 5.42. The van der Waals surface area contributed by atoms with Crippen molar-refractivity contribution in [3.05, 3.63) is 17.2 Å². The Morgan fingerprint density at radius 1 is 1.67 bits per heavy atom. The number of aliphatic carboxylic acids is 1. The van der Waals surface area contributed by atoms with Gasteiger partial charge in [0.05, 0.1) is 5.69 Å². The summed E-state index contributed by atoms with van der Waals surface area (Å²) in [4.78, 5) is 15.5. The van der Waals surface area contributed by atoms with Crippen LogP contribution >= 0.6 is 0 Å². The standard InChI is InChI=1S/C11H16N2O2/c1-3-4-9-12-10-7(11(14)15)5-6-8(10)13(9)2/h7H,3-6H2,1-2H3,(H,14,15). The highest BCUT2D eigenvalue weighted by atomic mass is 16.4. The predicted octanol–water partition coefficient (Wildman–Crippen LogP) is 1.49. The molecule has 1 N–H and O–H groups in total. The highest BCUT2D eigenvalue weighted by Crippen LogP contribution is 2.33. The molecule has 0 bridgehead atoms. The summed E-state index contributed by atoms with van der Waals surface area (Å²) in [5.74, 6) is -0.0971. The van der Waals surface area contributed by atoms with Gasteiger partial charge in [-0.15, -0.1) is 0 Å². The maximum Gasteiger partial charge on any atom is 0.312 e. The third kappa shape index (κ3) is 1.54. The monoisotopic (exact) mass is 208 g/mol. The van der Waals surface area contributed by atoms with E-state index in [2.05, 4.69) is 16.5 Å². The van der Waals surface area contributed by atoms with Gasteiger partial charge in [0.25, 0.3) is 0 Å². The minimum atomic E-state index is -0.741. The lowest BCUT2D eigenvalue weighted by atomic mass is 10.1. The molecule has 0 saturated carbocycles. The van der Waals surface area contributed by atoms with Crippen molar-refractivity contribution in [3.63, 3.8) is 0 Å². The zero-order chi connectivity index (χ0) is 11.0. The van der Waals surface area contributed by atoms with Gasteiger partial charge in [-0.3, -0.25) is 4.79 Å². The first kappa shape index (κ1) is 10.2. The average molecular weight is 208 g/mol. The van der Waals surface area contributed by atoms with Gasteiger partial charge >= 0.3 is 5.97 Å². The second kappa shape index (κ2) is 3.68. The molecule has 0 saturated heterocycles. The molecule has 0 aromatic carbocycles. The van der Waals surface area contributed by atoms with E-state index in [0.29, 0.717) is 6.42 Å². The Bertz CT molecular complexity index is 396.